The molecule has 0 saturated heterocycles. The van der Waals surface area contributed by atoms with Crippen molar-refractivity contribution in [2.45, 2.75) is 52.6 Å². The van der Waals surface area contributed by atoms with Crippen molar-refractivity contribution < 1.29 is 18.2 Å². The van der Waals surface area contributed by atoms with Crippen LogP contribution in [0.1, 0.15) is 41.5 Å². The Morgan fingerprint density at radius 3 is 1.06 bits per heavy atom. The molecule has 0 aromatic heterocycles. The molecule has 0 radical (unpaired) electrons. The standard InChI is InChI=1S/2C4H9N.C3H9P.C2H4.Mo/c2*1-4(2,3)5;1-4(2)3;1-2;/h2*1-3H3;1-3H3;1-2H2;. The first-order chi connectivity index (χ1) is 7.44. The van der Waals surface area contributed by atoms with Gasteiger partial charge in [0, 0.05) is 0 Å². The Balaban J connectivity index is -0.000000275. The van der Waals surface area contributed by atoms with Gasteiger partial charge < -0.3 is 0 Å². The van der Waals surface area contributed by atoms with Crippen LogP contribution in [-0.4, -0.2) is 31.1 Å². The maximum Gasteiger partial charge on any atom is -0.0449 e. The Bertz CT molecular complexity index is 210. The SMILES string of the molecule is C=C.CC(C)(C)[N]=[Mo]=[N]C(C)(C)C.CP(C)C. The number of hydrogen-bond acceptors (Lipinski definition) is 2. The van der Waals surface area contributed by atoms with E-state index < -0.39 is 18.2 Å². The molecule has 0 saturated carbocycles. The Kier molecular flexibility index (Phi) is 15.4. The minimum absolute atomic E-state index is 0.108. The van der Waals surface area contributed by atoms with Crippen LogP contribution in [-0.2, 0) is 18.2 Å². The second kappa shape index (κ2) is 11.5. The Hall–Kier alpha value is 0.458. The fraction of sp³-hybridized carbons (Fsp3) is 0.846. The average molecular weight is 342 g/mol. The topological polar surface area (TPSA) is 24.7 Å². The summed E-state index contributed by atoms with van der Waals surface area (Å²) in [5.74, 6) is 0. The van der Waals surface area contributed by atoms with E-state index in [2.05, 4.69) is 81.7 Å². The Labute approximate surface area is 119 Å². The summed E-state index contributed by atoms with van der Waals surface area (Å²) in [6.45, 7) is 25.4. The van der Waals surface area contributed by atoms with Crippen molar-refractivity contribution in [1.29, 1.82) is 0 Å². The monoisotopic (exact) mass is 344 g/mol. The molecule has 17 heavy (non-hydrogen) atoms. The molecule has 0 amide bonds. The zero-order valence-electron chi connectivity index (χ0n) is 13.2. The van der Waals surface area contributed by atoms with E-state index in [1.54, 1.807) is 0 Å². The van der Waals surface area contributed by atoms with E-state index in [9.17, 15) is 0 Å². The van der Waals surface area contributed by atoms with Crippen molar-refractivity contribution >= 4 is 7.92 Å². The summed E-state index contributed by atoms with van der Waals surface area (Å²) in [6, 6.07) is 0. The Morgan fingerprint density at radius 2 is 0.941 bits per heavy atom. The van der Waals surface area contributed by atoms with Gasteiger partial charge in [-0.05, 0) is 20.0 Å². The smallest absolute Gasteiger partial charge is 0.0449 e. The van der Waals surface area contributed by atoms with E-state index in [-0.39, 0.29) is 11.1 Å². The molecule has 0 aliphatic carbocycles. The molecule has 4 heteroatoms. The predicted octanol–water partition coefficient (Wildman–Crippen LogP) is 5.19. The van der Waals surface area contributed by atoms with Crippen LogP contribution in [0.2, 0.25) is 0 Å². The molecule has 0 heterocycles. The van der Waals surface area contributed by atoms with Gasteiger partial charge in [-0.15, -0.1) is 21.1 Å². The molecule has 0 aliphatic heterocycles. The van der Waals surface area contributed by atoms with Gasteiger partial charge in [-0.3, -0.25) is 0 Å². The molecule has 0 aromatic carbocycles. The fourth-order valence-electron chi connectivity index (χ4n) is 0.265. The second-order valence-corrected chi connectivity index (χ2v) is 9.93. The molecule has 0 spiro atoms. The molecule has 0 bridgehead atoms. The van der Waals surface area contributed by atoms with Gasteiger partial charge >= 0.3 is 77.8 Å². The van der Waals surface area contributed by atoms with E-state index in [1.807, 2.05) is 0 Å². The summed E-state index contributed by atoms with van der Waals surface area (Å²) in [5.41, 5.74) is 0.216. The molecular weight excluding hydrogens is 311 g/mol. The summed E-state index contributed by atoms with van der Waals surface area (Å²) in [5, 5.41) is 0. The average Bonchev–Trinajstić information content (AvgIpc) is 2.01. The molecule has 0 fully saturated rings. The molecular formula is C13H31MoN2P. The van der Waals surface area contributed by atoms with Crippen molar-refractivity contribution in [3.8, 4) is 0 Å². The second-order valence-electron chi connectivity index (χ2n) is 5.95. The van der Waals surface area contributed by atoms with Gasteiger partial charge in [-0.25, -0.2) is 0 Å². The summed E-state index contributed by atoms with van der Waals surface area (Å²) in [4.78, 5) is 0. The van der Waals surface area contributed by atoms with E-state index in [1.165, 1.54) is 0 Å². The third kappa shape index (κ3) is 48.1. The number of nitrogens with zero attached hydrogens (tertiary/aromatic N) is 2. The predicted molar refractivity (Wildman–Crippen MR) is 80.3 cm³/mol. The maximum absolute atomic E-state index is 4.51. The van der Waals surface area contributed by atoms with E-state index in [4.69, 9.17) is 0 Å². The number of hydrogen-bond donors (Lipinski definition) is 0. The van der Waals surface area contributed by atoms with Gasteiger partial charge in [-0.2, -0.15) is 0 Å². The molecule has 104 valence electrons. The minimum Gasteiger partial charge on any atom is -0.116 e. The van der Waals surface area contributed by atoms with Crippen LogP contribution in [0.15, 0.2) is 20.1 Å². The van der Waals surface area contributed by atoms with Crippen LogP contribution in [0.3, 0.4) is 0 Å². The van der Waals surface area contributed by atoms with Crippen LogP contribution in [0.25, 0.3) is 0 Å². The third-order valence-electron chi connectivity index (χ3n) is 0.629. The van der Waals surface area contributed by atoms with Crippen molar-refractivity contribution in [2.24, 2.45) is 6.99 Å². The van der Waals surface area contributed by atoms with Gasteiger partial charge in [0.15, 0.2) is 0 Å². The largest absolute Gasteiger partial charge is 0.116 e. The van der Waals surface area contributed by atoms with Crippen LogP contribution in [0.4, 0.5) is 0 Å². The van der Waals surface area contributed by atoms with Crippen LogP contribution < -0.4 is 0 Å². The molecule has 0 rings (SSSR count). The molecule has 0 aromatic rings. The molecule has 0 atom stereocenters. The summed E-state index contributed by atoms with van der Waals surface area (Å²) >= 11 is -0.473. The van der Waals surface area contributed by atoms with Gasteiger partial charge in [0.1, 0.15) is 0 Å². The first-order valence-electron chi connectivity index (χ1n) is 5.65. The van der Waals surface area contributed by atoms with Gasteiger partial charge in [0.05, 0.1) is 0 Å². The summed E-state index contributed by atoms with van der Waals surface area (Å²) in [7, 11) is 0.380. The normalized spacial score (nSPS) is 10.5. The number of rotatable bonds is 0. The first-order valence-corrected chi connectivity index (χ1v) is 10.1. The Morgan fingerprint density at radius 1 is 0.765 bits per heavy atom. The first kappa shape index (κ1) is 22.6. The van der Waals surface area contributed by atoms with Crippen molar-refractivity contribution in [1.82, 2.24) is 0 Å². The summed E-state index contributed by atoms with van der Waals surface area (Å²) in [6.07, 6.45) is 0. The molecule has 0 aliphatic rings. The maximum atomic E-state index is 4.51. The van der Waals surface area contributed by atoms with Gasteiger partial charge in [0.2, 0.25) is 0 Å². The van der Waals surface area contributed by atoms with Crippen molar-refractivity contribution in [2.75, 3.05) is 20.0 Å². The molecule has 2 nitrogen and oxygen atoms in total. The van der Waals surface area contributed by atoms with E-state index in [0.29, 0.717) is 7.92 Å². The quantitative estimate of drug-likeness (QED) is 0.329. The molecule has 0 unspecified atom stereocenters. The van der Waals surface area contributed by atoms with Crippen LogP contribution in [0, 0.1) is 0 Å². The zero-order chi connectivity index (χ0) is 14.7. The zero-order valence-corrected chi connectivity index (χ0v) is 16.1. The van der Waals surface area contributed by atoms with E-state index >= 15 is 0 Å². The van der Waals surface area contributed by atoms with E-state index in [0.717, 1.165) is 0 Å². The van der Waals surface area contributed by atoms with Gasteiger partial charge in [-0.1, -0.05) is 0 Å². The van der Waals surface area contributed by atoms with Crippen molar-refractivity contribution in [3.05, 3.63) is 13.2 Å². The fourth-order valence-corrected chi connectivity index (χ4v) is 1.57. The van der Waals surface area contributed by atoms with Crippen LogP contribution >= 0.6 is 7.92 Å². The third-order valence-corrected chi connectivity index (χ3v) is 3.72. The van der Waals surface area contributed by atoms with Gasteiger partial charge in [0.25, 0.3) is 0 Å². The summed E-state index contributed by atoms with van der Waals surface area (Å²) < 4.78 is 9.01. The minimum atomic E-state index is -0.473. The molecule has 0 N–H and O–H groups in total. The van der Waals surface area contributed by atoms with Crippen molar-refractivity contribution in [3.63, 3.8) is 0 Å². The van der Waals surface area contributed by atoms with Crippen LogP contribution in [0.5, 0.6) is 0 Å².